The van der Waals surface area contributed by atoms with Gasteiger partial charge in [0, 0.05) is 0 Å². The van der Waals surface area contributed by atoms with Crippen LogP contribution < -0.4 is 4.74 Å². The fourth-order valence-electron chi connectivity index (χ4n) is 2.25. The maximum Gasteiger partial charge on any atom is 0.119 e. The van der Waals surface area contributed by atoms with Crippen LogP contribution in [0.1, 0.15) is 65.9 Å². The molecule has 1 nitrogen and oxygen atoms in total. The molecule has 18 heavy (non-hydrogen) atoms. The molecule has 0 fully saturated rings. The molecule has 2 unspecified atom stereocenters. The summed E-state index contributed by atoms with van der Waals surface area (Å²) < 4.78 is 5.96. The van der Waals surface area contributed by atoms with Crippen molar-refractivity contribution in [3.05, 3.63) is 29.8 Å². The van der Waals surface area contributed by atoms with Gasteiger partial charge in [-0.25, -0.2) is 0 Å². The Bertz CT molecular complexity index is 345. The molecule has 0 heterocycles. The van der Waals surface area contributed by atoms with Crippen molar-refractivity contribution in [1.82, 2.24) is 0 Å². The average molecular weight is 248 g/mol. The van der Waals surface area contributed by atoms with Crippen LogP contribution in [0, 0.1) is 5.41 Å². The maximum atomic E-state index is 5.96. The highest BCUT2D eigenvalue weighted by molar-refractivity contribution is 5.29. The Kier molecular flexibility index (Phi) is 5.25. The van der Waals surface area contributed by atoms with Crippen LogP contribution >= 0.6 is 0 Å². The predicted molar refractivity (Wildman–Crippen MR) is 79.3 cm³/mol. The molecule has 1 aromatic carbocycles. The Labute approximate surface area is 113 Å². The molecule has 0 N–H and O–H groups in total. The standard InChI is InChI=1S/C17H28O/c1-7-13(2)15-8-10-16(11-9-15)18-14(3)12-17(4,5)6/h8-11,13-14H,7,12H2,1-6H3. The van der Waals surface area contributed by atoms with Crippen LogP contribution in [0.15, 0.2) is 24.3 Å². The molecule has 0 bridgehead atoms. The van der Waals surface area contributed by atoms with Crippen LogP contribution in [-0.2, 0) is 0 Å². The van der Waals surface area contributed by atoms with E-state index in [0.717, 1.165) is 12.2 Å². The third kappa shape index (κ3) is 5.12. The molecule has 0 aliphatic carbocycles. The van der Waals surface area contributed by atoms with Gasteiger partial charge in [-0.3, -0.25) is 0 Å². The zero-order valence-corrected chi connectivity index (χ0v) is 12.8. The molecule has 0 spiro atoms. The van der Waals surface area contributed by atoms with Gasteiger partial charge in [0.15, 0.2) is 0 Å². The first-order valence-corrected chi connectivity index (χ1v) is 7.08. The van der Waals surface area contributed by atoms with Crippen molar-refractivity contribution < 1.29 is 4.74 Å². The van der Waals surface area contributed by atoms with E-state index in [2.05, 4.69) is 65.8 Å². The van der Waals surface area contributed by atoms with E-state index in [-0.39, 0.29) is 6.10 Å². The molecule has 0 radical (unpaired) electrons. The molecule has 0 aromatic heterocycles. The first kappa shape index (κ1) is 15.1. The van der Waals surface area contributed by atoms with E-state index < -0.39 is 0 Å². The third-order valence-electron chi connectivity index (χ3n) is 3.30. The van der Waals surface area contributed by atoms with Gasteiger partial charge in [-0.2, -0.15) is 0 Å². The lowest BCUT2D eigenvalue weighted by Gasteiger charge is -2.24. The Morgan fingerprint density at radius 1 is 1.06 bits per heavy atom. The van der Waals surface area contributed by atoms with Crippen LogP contribution in [0.5, 0.6) is 5.75 Å². The molecule has 0 saturated carbocycles. The minimum atomic E-state index is 0.263. The zero-order valence-electron chi connectivity index (χ0n) is 12.8. The third-order valence-corrected chi connectivity index (χ3v) is 3.30. The normalized spacial score (nSPS) is 15.2. The highest BCUT2D eigenvalue weighted by Crippen LogP contribution is 2.25. The molecule has 102 valence electrons. The minimum absolute atomic E-state index is 0.263. The smallest absolute Gasteiger partial charge is 0.119 e. The molecule has 1 aromatic rings. The lowest BCUT2D eigenvalue weighted by Crippen LogP contribution is -2.20. The Morgan fingerprint density at radius 2 is 1.61 bits per heavy atom. The second-order valence-electron chi connectivity index (χ2n) is 6.57. The quantitative estimate of drug-likeness (QED) is 0.677. The van der Waals surface area contributed by atoms with Crippen molar-refractivity contribution in [3.8, 4) is 5.75 Å². The second-order valence-corrected chi connectivity index (χ2v) is 6.57. The van der Waals surface area contributed by atoms with Crippen molar-refractivity contribution in [2.24, 2.45) is 5.41 Å². The van der Waals surface area contributed by atoms with Crippen LogP contribution in [-0.4, -0.2) is 6.10 Å². The SMILES string of the molecule is CCC(C)c1ccc(OC(C)CC(C)(C)C)cc1. The maximum absolute atomic E-state index is 5.96. The molecular weight excluding hydrogens is 220 g/mol. The van der Waals surface area contributed by atoms with Gasteiger partial charge in [0.1, 0.15) is 5.75 Å². The topological polar surface area (TPSA) is 9.23 Å². The summed E-state index contributed by atoms with van der Waals surface area (Å²) in [6, 6.07) is 8.57. The summed E-state index contributed by atoms with van der Waals surface area (Å²) in [5.41, 5.74) is 1.71. The molecule has 0 aliphatic heterocycles. The van der Waals surface area contributed by atoms with E-state index in [1.165, 1.54) is 12.0 Å². The van der Waals surface area contributed by atoms with Crippen LogP contribution in [0.25, 0.3) is 0 Å². The largest absolute Gasteiger partial charge is 0.491 e. The van der Waals surface area contributed by atoms with E-state index in [1.807, 2.05) is 0 Å². The number of rotatable bonds is 5. The van der Waals surface area contributed by atoms with E-state index in [1.54, 1.807) is 0 Å². The summed E-state index contributed by atoms with van der Waals surface area (Å²) in [5.74, 6) is 1.62. The molecule has 0 aliphatic rings. The Hall–Kier alpha value is -0.980. The van der Waals surface area contributed by atoms with Gasteiger partial charge in [0.05, 0.1) is 6.10 Å². The van der Waals surface area contributed by atoms with E-state index >= 15 is 0 Å². The summed E-state index contributed by atoms with van der Waals surface area (Å²) in [5, 5.41) is 0. The lowest BCUT2D eigenvalue weighted by atomic mass is 9.90. The van der Waals surface area contributed by atoms with Gasteiger partial charge in [-0.1, -0.05) is 46.8 Å². The summed E-state index contributed by atoms with van der Waals surface area (Å²) in [6.07, 6.45) is 2.51. The van der Waals surface area contributed by atoms with Crippen molar-refractivity contribution in [1.29, 1.82) is 0 Å². The summed E-state index contributed by atoms with van der Waals surface area (Å²) in [4.78, 5) is 0. The first-order valence-electron chi connectivity index (χ1n) is 7.08. The van der Waals surface area contributed by atoms with Gasteiger partial charge in [0.25, 0.3) is 0 Å². The highest BCUT2D eigenvalue weighted by atomic mass is 16.5. The lowest BCUT2D eigenvalue weighted by molar-refractivity contribution is 0.160. The summed E-state index contributed by atoms with van der Waals surface area (Å²) in [6.45, 7) is 13.4. The Morgan fingerprint density at radius 3 is 2.06 bits per heavy atom. The van der Waals surface area contributed by atoms with E-state index in [9.17, 15) is 0 Å². The first-order chi connectivity index (χ1) is 8.31. The van der Waals surface area contributed by atoms with Gasteiger partial charge in [-0.15, -0.1) is 0 Å². The van der Waals surface area contributed by atoms with Crippen LogP contribution in [0.4, 0.5) is 0 Å². The molecule has 1 heteroatoms. The van der Waals surface area contributed by atoms with Gasteiger partial charge < -0.3 is 4.74 Å². The molecule has 1 rings (SSSR count). The van der Waals surface area contributed by atoms with Crippen molar-refractivity contribution in [2.75, 3.05) is 0 Å². The fraction of sp³-hybridized carbons (Fsp3) is 0.647. The van der Waals surface area contributed by atoms with Gasteiger partial charge in [0.2, 0.25) is 0 Å². The van der Waals surface area contributed by atoms with Crippen molar-refractivity contribution in [2.45, 2.75) is 66.4 Å². The number of ether oxygens (including phenoxy) is 1. The summed E-state index contributed by atoms with van der Waals surface area (Å²) in [7, 11) is 0. The van der Waals surface area contributed by atoms with Crippen LogP contribution in [0.2, 0.25) is 0 Å². The molecule has 0 amide bonds. The van der Waals surface area contributed by atoms with Crippen molar-refractivity contribution in [3.63, 3.8) is 0 Å². The molecular formula is C17H28O. The number of benzene rings is 1. The summed E-state index contributed by atoms with van der Waals surface area (Å²) >= 11 is 0. The van der Waals surface area contributed by atoms with Gasteiger partial charge in [-0.05, 0) is 48.8 Å². The highest BCUT2D eigenvalue weighted by Gasteiger charge is 2.16. The fourth-order valence-corrected chi connectivity index (χ4v) is 2.25. The molecule has 2 atom stereocenters. The monoisotopic (exact) mass is 248 g/mol. The zero-order chi connectivity index (χ0) is 13.8. The Balaban J connectivity index is 2.58. The minimum Gasteiger partial charge on any atom is -0.491 e. The second kappa shape index (κ2) is 6.26. The molecule has 0 saturated heterocycles. The van der Waals surface area contributed by atoms with Gasteiger partial charge >= 0.3 is 0 Å². The van der Waals surface area contributed by atoms with Crippen LogP contribution in [0.3, 0.4) is 0 Å². The average Bonchev–Trinajstić information content (AvgIpc) is 2.26. The number of hydrogen-bond acceptors (Lipinski definition) is 1. The predicted octanol–water partition coefficient (Wildman–Crippen LogP) is 5.40. The van der Waals surface area contributed by atoms with Crippen molar-refractivity contribution >= 4 is 0 Å². The van der Waals surface area contributed by atoms with E-state index in [4.69, 9.17) is 4.74 Å². The van der Waals surface area contributed by atoms with E-state index in [0.29, 0.717) is 11.3 Å². The number of hydrogen-bond donors (Lipinski definition) is 0.